The van der Waals surface area contributed by atoms with Gasteiger partial charge in [0.1, 0.15) is 6.33 Å². The predicted molar refractivity (Wildman–Crippen MR) is 82.9 cm³/mol. The first-order valence-corrected chi connectivity index (χ1v) is 7.26. The van der Waals surface area contributed by atoms with Gasteiger partial charge in [-0.3, -0.25) is 4.79 Å². The quantitative estimate of drug-likeness (QED) is 0.917. The summed E-state index contributed by atoms with van der Waals surface area (Å²) in [7, 11) is 0. The number of hydrogen-bond acceptors (Lipinski definition) is 5. The molecule has 6 heteroatoms. The number of hydrogen-bond donors (Lipinski definition) is 1. The second-order valence-corrected chi connectivity index (χ2v) is 6.39. The molecule has 0 saturated heterocycles. The fourth-order valence-corrected chi connectivity index (χ4v) is 2.47. The Balaban J connectivity index is 2.36. The number of anilines is 1. The normalized spacial score (nSPS) is 19.1. The molecule has 0 fully saturated rings. The van der Waals surface area contributed by atoms with E-state index < -0.39 is 0 Å². The molecule has 0 bridgehead atoms. The van der Waals surface area contributed by atoms with Crippen molar-refractivity contribution in [1.29, 1.82) is 0 Å². The smallest absolute Gasteiger partial charge is 0.257 e. The van der Waals surface area contributed by atoms with Crippen LogP contribution in [0, 0.1) is 18.3 Å². The number of hydrazone groups is 1. The summed E-state index contributed by atoms with van der Waals surface area (Å²) in [6.07, 6.45) is 2.99. The zero-order valence-corrected chi connectivity index (χ0v) is 13.1. The van der Waals surface area contributed by atoms with Gasteiger partial charge in [-0.1, -0.05) is 20.8 Å². The SMILES string of the molecule is Cc1cc(N2N=C(C(C)(C)C)C(CCCN)C2=O)ncn1. The molecule has 1 atom stereocenters. The fourth-order valence-electron chi connectivity index (χ4n) is 2.47. The van der Waals surface area contributed by atoms with Crippen molar-refractivity contribution >= 4 is 17.4 Å². The number of nitrogens with zero attached hydrogens (tertiary/aromatic N) is 4. The summed E-state index contributed by atoms with van der Waals surface area (Å²) in [6.45, 7) is 8.66. The highest BCUT2D eigenvalue weighted by Crippen LogP contribution is 2.33. The molecule has 0 aliphatic carbocycles. The van der Waals surface area contributed by atoms with Crippen LogP contribution in [0.15, 0.2) is 17.5 Å². The van der Waals surface area contributed by atoms with Crippen LogP contribution in [0.3, 0.4) is 0 Å². The lowest BCUT2D eigenvalue weighted by atomic mass is 9.80. The van der Waals surface area contributed by atoms with Gasteiger partial charge in [0.05, 0.1) is 11.6 Å². The molecule has 6 nitrogen and oxygen atoms in total. The average molecular weight is 289 g/mol. The van der Waals surface area contributed by atoms with Gasteiger partial charge in [0.25, 0.3) is 5.91 Å². The Kier molecular flexibility index (Phi) is 4.37. The molecule has 2 heterocycles. The summed E-state index contributed by atoms with van der Waals surface area (Å²) < 4.78 is 0. The zero-order chi connectivity index (χ0) is 15.6. The summed E-state index contributed by atoms with van der Waals surface area (Å²) in [6, 6.07) is 1.77. The molecule has 1 unspecified atom stereocenters. The maximum atomic E-state index is 12.7. The maximum Gasteiger partial charge on any atom is 0.257 e. The topological polar surface area (TPSA) is 84.5 Å². The highest BCUT2D eigenvalue weighted by molar-refractivity contribution is 6.16. The molecule has 2 rings (SSSR count). The summed E-state index contributed by atoms with van der Waals surface area (Å²) in [5.74, 6) is 0.305. The van der Waals surface area contributed by atoms with E-state index >= 15 is 0 Å². The number of amides is 1. The maximum absolute atomic E-state index is 12.7. The number of aryl methyl sites for hydroxylation is 1. The largest absolute Gasteiger partial charge is 0.330 e. The first-order chi connectivity index (χ1) is 9.84. The van der Waals surface area contributed by atoms with Crippen molar-refractivity contribution in [3.05, 3.63) is 18.1 Å². The van der Waals surface area contributed by atoms with Crippen LogP contribution in [0.1, 0.15) is 39.3 Å². The molecule has 2 N–H and O–H groups in total. The lowest BCUT2D eigenvalue weighted by Gasteiger charge is -2.22. The predicted octanol–water partition coefficient (Wildman–Crippen LogP) is 1.89. The zero-order valence-electron chi connectivity index (χ0n) is 13.1. The van der Waals surface area contributed by atoms with Crippen LogP contribution in [0.25, 0.3) is 0 Å². The Hall–Kier alpha value is -1.82. The molecule has 1 aromatic rings. The van der Waals surface area contributed by atoms with Gasteiger partial charge in [-0.2, -0.15) is 10.1 Å². The molecule has 0 radical (unpaired) electrons. The minimum Gasteiger partial charge on any atom is -0.330 e. The van der Waals surface area contributed by atoms with Gasteiger partial charge in [-0.15, -0.1) is 0 Å². The lowest BCUT2D eigenvalue weighted by molar-refractivity contribution is -0.120. The second kappa shape index (κ2) is 5.89. The number of carbonyl (C=O) groups excluding carboxylic acids is 1. The Bertz CT molecular complexity index is 561. The van der Waals surface area contributed by atoms with Crippen molar-refractivity contribution in [2.75, 3.05) is 11.6 Å². The summed E-state index contributed by atoms with van der Waals surface area (Å²) >= 11 is 0. The fraction of sp³-hybridized carbons (Fsp3) is 0.600. The van der Waals surface area contributed by atoms with Crippen molar-refractivity contribution in [2.45, 2.75) is 40.5 Å². The van der Waals surface area contributed by atoms with Gasteiger partial charge in [-0.25, -0.2) is 9.97 Å². The third-order valence-electron chi connectivity index (χ3n) is 3.52. The molecule has 1 aliphatic rings. The first-order valence-electron chi connectivity index (χ1n) is 7.26. The molecular formula is C15H23N5O. The molecule has 0 spiro atoms. The Morgan fingerprint density at radius 1 is 1.33 bits per heavy atom. The van der Waals surface area contributed by atoms with E-state index in [1.165, 1.54) is 11.3 Å². The van der Waals surface area contributed by atoms with Crippen molar-refractivity contribution in [2.24, 2.45) is 22.2 Å². The van der Waals surface area contributed by atoms with E-state index in [0.29, 0.717) is 12.4 Å². The van der Waals surface area contributed by atoms with Gasteiger partial charge in [-0.05, 0) is 26.3 Å². The second-order valence-electron chi connectivity index (χ2n) is 6.39. The third-order valence-corrected chi connectivity index (χ3v) is 3.52. The summed E-state index contributed by atoms with van der Waals surface area (Å²) in [5.41, 5.74) is 7.14. The van der Waals surface area contributed by atoms with Crippen molar-refractivity contribution < 1.29 is 4.79 Å². The number of rotatable bonds is 4. The Labute approximate surface area is 125 Å². The van der Waals surface area contributed by atoms with Crippen LogP contribution in [0.4, 0.5) is 5.82 Å². The number of aromatic nitrogens is 2. The molecular weight excluding hydrogens is 266 g/mol. The molecule has 0 saturated carbocycles. The van der Waals surface area contributed by atoms with Crippen LogP contribution in [-0.2, 0) is 4.79 Å². The van der Waals surface area contributed by atoms with Crippen LogP contribution >= 0.6 is 0 Å². The van der Waals surface area contributed by atoms with Crippen LogP contribution in [-0.4, -0.2) is 28.1 Å². The van der Waals surface area contributed by atoms with Crippen molar-refractivity contribution in [1.82, 2.24) is 9.97 Å². The minimum atomic E-state index is -0.205. The average Bonchev–Trinajstić information content (AvgIpc) is 2.73. The number of nitrogens with two attached hydrogens (primary N) is 1. The number of carbonyl (C=O) groups is 1. The molecule has 1 aliphatic heterocycles. The summed E-state index contributed by atoms with van der Waals surface area (Å²) in [5, 5.41) is 5.97. The molecule has 1 aromatic heterocycles. The van der Waals surface area contributed by atoms with Gasteiger partial charge in [0, 0.05) is 17.2 Å². The summed E-state index contributed by atoms with van der Waals surface area (Å²) in [4.78, 5) is 20.9. The molecule has 114 valence electrons. The standard InChI is InChI=1S/C15H23N5O/c1-10-8-12(18-9-17-10)20-14(21)11(6-5-7-16)13(19-20)15(2,3)4/h8-9,11H,5-7,16H2,1-4H3. The van der Waals surface area contributed by atoms with Crippen molar-refractivity contribution in [3.8, 4) is 0 Å². The van der Waals surface area contributed by atoms with E-state index in [4.69, 9.17) is 5.73 Å². The van der Waals surface area contributed by atoms with Gasteiger partial charge in [0.2, 0.25) is 0 Å². The Morgan fingerprint density at radius 3 is 2.62 bits per heavy atom. The van der Waals surface area contributed by atoms with E-state index in [0.717, 1.165) is 24.2 Å². The Morgan fingerprint density at radius 2 is 2.05 bits per heavy atom. The molecule has 0 aromatic carbocycles. The third kappa shape index (κ3) is 3.26. The van der Waals surface area contributed by atoms with Crippen LogP contribution in [0.5, 0.6) is 0 Å². The van der Waals surface area contributed by atoms with Gasteiger partial charge >= 0.3 is 0 Å². The van der Waals surface area contributed by atoms with Gasteiger partial charge in [0.15, 0.2) is 5.82 Å². The minimum absolute atomic E-state index is 0.0218. The van der Waals surface area contributed by atoms with Crippen LogP contribution in [0.2, 0.25) is 0 Å². The molecule has 1 amide bonds. The van der Waals surface area contributed by atoms with Gasteiger partial charge < -0.3 is 5.73 Å². The lowest BCUT2D eigenvalue weighted by Crippen LogP contribution is -2.32. The van der Waals surface area contributed by atoms with E-state index in [1.54, 1.807) is 6.07 Å². The van der Waals surface area contributed by atoms with Crippen LogP contribution < -0.4 is 10.7 Å². The molecule has 21 heavy (non-hydrogen) atoms. The highest BCUT2D eigenvalue weighted by atomic mass is 16.2. The van der Waals surface area contributed by atoms with Crippen molar-refractivity contribution in [3.63, 3.8) is 0 Å². The van der Waals surface area contributed by atoms with E-state index in [-0.39, 0.29) is 17.2 Å². The first kappa shape index (κ1) is 15.6. The van der Waals surface area contributed by atoms with E-state index in [2.05, 4.69) is 35.8 Å². The van der Waals surface area contributed by atoms with E-state index in [1.807, 2.05) is 6.92 Å². The highest BCUT2D eigenvalue weighted by Gasteiger charge is 2.41. The van der Waals surface area contributed by atoms with E-state index in [9.17, 15) is 4.79 Å². The monoisotopic (exact) mass is 289 g/mol.